The lowest BCUT2D eigenvalue weighted by atomic mass is 10.1. The van der Waals surface area contributed by atoms with Crippen molar-refractivity contribution in [2.45, 2.75) is 18.2 Å². The van der Waals surface area contributed by atoms with Crippen LogP contribution in [0.5, 0.6) is 0 Å². The number of Topliss-reactive ketones (excluding diaryl/α,β-unsaturated/α-hetero) is 1. The van der Waals surface area contributed by atoms with Crippen molar-refractivity contribution < 1.29 is 17.6 Å². The van der Waals surface area contributed by atoms with E-state index in [1.807, 2.05) is 6.07 Å². The van der Waals surface area contributed by atoms with Gasteiger partial charge in [-0.25, -0.2) is 22.1 Å². The largest absolute Gasteiger partial charge is 0.295 e. The highest BCUT2D eigenvalue weighted by Gasteiger charge is 2.32. The van der Waals surface area contributed by atoms with E-state index in [1.165, 1.54) is 47.6 Å². The molecular weight excluding hydrogens is 355 g/mol. The highest BCUT2D eigenvalue weighted by Crippen LogP contribution is 2.33. The second kappa shape index (κ2) is 5.88. The molecule has 7 heteroatoms. The van der Waals surface area contributed by atoms with Crippen molar-refractivity contribution in [1.29, 1.82) is 0 Å². The summed E-state index contributed by atoms with van der Waals surface area (Å²) in [6.45, 7) is 1.70. The molecular formula is C19H15FN2O3S. The van der Waals surface area contributed by atoms with Crippen molar-refractivity contribution in [2.75, 3.05) is 10.8 Å². The number of carbonyl (C=O) groups excluding carboxylic acids is 1. The number of benzene rings is 2. The Kier molecular flexibility index (Phi) is 3.77. The van der Waals surface area contributed by atoms with Crippen LogP contribution in [-0.4, -0.2) is 25.7 Å². The van der Waals surface area contributed by atoms with Crippen LogP contribution in [0.2, 0.25) is 0 Å². The predicted octanol–water partition coefficient (Wildman–Crippen LogP) is 3.33. The molecule has 1 aliphatic heterocycles. The third kappa shape index (κ3) is 2.64. The number of halogens is 1. The minimum atomic E-state index is -3.81. The van der Waals surface area contributed by atoms with E-state index in [-0.39, 0.29) is 17.2 Å². The molecule has 26 heavy (non-hydrogen) atoms. The normalized spacial score (nSPS) is 13.8. The standard InChI is InChI=1S/C19H15FN2O3S/c1-12(23)13-3-6-17(7-4-13)26(24,25)22-9-8-15-10-14-2-5-16(20)11-18(14)21-19(15)22/h2-7,10-11H,8-9H2,1H3. The average molecular weight is 370 g/mol. The van der Waals surface area contributed by atoms with Gasteiger partial charge in [-0.1, -0.05) is 12.1 Å². The van der Waals surface area contributed by atoms with Gasteiger partial charge in [-0.2, -0.15) is 0 Å². The topological polar surface area (TPSA) is 67.3 Å². The second-order valence-electron chi connectivity index (χ2n) is 6.22. The van der Waals surface area contributed by atoms with Crippen LogP contribution in [0.3, 0.4) is 0 Å². The number of carbonyl (C=O) groups is 1. The monoisotopic (exact) mass is 370 g/mol. The number of anilines is 1. The number of hydrogen-bond donors (Lipinski definition) is 0. The molecule has 132 valence electrons. The predicted molar refractivity (Wildman–Crippen MR) is 96.4 cm³/mol. The van der Waals surface area contributed by atoms with Gasteiger partial charge in [-0.15, -0.1) is 0 Å². The Labute approximate surface area is 150 Å². The number of ketones is 1. The molecule has 0 atom stereocenters. The van der Waals surface area contributed by atoms with Crippen molar-refractivity contribution in [2.24, 2.45) is 0 Å². The van der Waals surface area contributed by atoms with Gasteiger partial charge in [-0.05, 0) is 49.2 Å². The molecule has 0 aliphatic carbocycles. The quantitative estimate of drug-likeness (QED) is 0.663. The zero-order valence-corrected chi connectivity index (χ0v) is 14.8. The Balaban J connectivity index is 1.79. The van der Waals surface area contributed by atoms with Gasteiger partial charge in [-0.3, -0.25) is 4.79 Å². The van der Waals surface area contributed by atoms with Gasteiger partial charge in [0.25, 0.3) is 10.0 Å². The molecule has 0 bridgehead atoms. The molecule has 2 aromatic carbocycles. The molecule has 0 spiro atoms. The smallest absolute Gasteiger partial charge is 0.265 e. The molecule has 1 aromatic heterocycles. The minimum Gasteiger partial charge on any atom is -0.295 e. The van der Waals surface area contributed by atoms with Crippen molar-refractivity contribution in [1.82, 2.24) is 4.98 Å². The number of sulfonamides is 1. The van der Waals surface area contributed by atoms with Gasteiger partial charge < -0.3 is 0 Å². The van der Waals surface area contributed by atoms with Gasteiger partial charge >= 0.3 is 0 Å². The molecule has 1 aliphatic rings. The summed E-state index contributed by atoms with van der Waals surface area (Å²) < 4.78 is 40.8. The van der Waals surface area contributed by atoms with Gasteiger partial charge in [0.2, 0.25) is 0 Å². The van der Waals surface area contributed by atoms with Crippen molar-refractivity contribution in [3.8, 4) is 0 Å². The molecule has 2 heterocycles. The molecule has 0 fully saturated rings. The van der Waals surface area contributed by atoms with Crippen molar-refractivity contribution in [3.05, 3.63) is 65.5 Å². The first kappa shape index (κ1) is 16.7. The summed E-state index contributed by atoms with van der Waals surface area (Å²) in [6.07, 6.45) is 0.542. The second-order valence-corrected chi connectivity index (χ2v) is 8.08. The highest BCUT2D eigenvalue weighted by atomic mass is 32.2. The fourth-order valence-corrected chi connectivity index (χ4v) is 4.58. The zero-order valence-electron chi connectivity index (χ0n) is 13.9. The molecule has 0 unspecified atom stereocenters. The summed E-state index contributed by atoms with van der Waals surface area (Å²) >= 11 is 0. The van der Waals surface area contributed by atoms with E-state index in [0.29, 0.717) is 23.3 Å². The molecule has 0 amide bonds. The highest BCUT2D eigenvalue weighted by molar-refractivity contribution is 7.92. The van der Waals surface area contributed by atoms with Crippen LogP contribution in [0, 0.1) is 5.82 Å². The lowest BCUT2D eigenvalue weighted by Gasteiger charge is -2.19. The Bertz CT molecular complexity index is 1140. The Morgan fingerprint density at radius 3 is 2.54 bits per heavy atom. The number of pyridine rings is 1. The summed E-state index contributed by atoms with van der Waals surface area (Å²) in [5.41, 5.74) is 1.68. The maximum atomic E-state index is 13.5. The van der Waals surface area contributed by atoms with Gasteiger partial charge in [0.1, 0.15) is 11.6 Å². The number of fused-ring (bicyclic) bond motifs is 2. The van der Waals surface area contributed by atoms with Crippen LogP contribution in [0.25, 0.3) is 10.9 Å². The molecule has 4 rings (SSSR count). The number of hydrogen-bond acceptors (Lipinski definition) is 4. The van der Waals surface area contributed by atoms with E-state index >= 15 is 0 Å². The summed E-state index contributed by atoms with van der Waals surface area (Å²) in [7, 11) is -3.81. The van der Waals surface area contributed by atoms with E-state index in [2.05, 4.69) is 4.98 Å². The van der Waals surface area contributed by atoms with Crippen molar-refractivity contribution in [3.63, 3.8) is 0 Å². The van der Waals surface area contributed by atoms with Gasteiger partial charge in [0, 0.05) is 23.6 Å². The maximum absolute atomic E-state index is 13.5. The number of aromatic nitrogens is 1. The first-order chi connectivity index (χ1) is 12.4. The molecule has 5 nitrogen and oxygen atoms in total. The Morgan fingerprint density at radius 2 is 1.85 bits per heavy atom. The van der Waals surface area contributed by atoms with Gasteiger partial charge in [0.05, 0.1) is 10.4 Å². The van der Waals surface area contributed by atoms with Crippen LogP contribution in [0.4, 0.5) is 10.2 Å². The van der Waals surface area contributed by atoms with E-state index in [9.17, 15) is 17.6 Å². The first-order valence-electron chi connectivity index (χ1n) is 8.09. The average Bonchev–Trinajstić information content (AvgIpc) is 3.03. The third-order valence-corrected chi connectivity index (χ3v) is 6.31. The summed E-state index contributed by atoms with van der Waals surface area (Å²) in [5.74, 6) is -0.216. The maximum Gasteiger partial charge on any atom is 0.265 e. The Hall–Kier alpha value is -2.80. The SMILES string of the molecule is CC(=O)c1ccc(S(=O)(=O)N2CCc3cc4ccc(F)cc4nc32)cc1. The number of nitrogens with zero attached hydrogens (tertiary/aromatic N) is 2. The van der Waals surface area contributed by atoms with Crippen molar-refractivity contribution >= 4 is 32.5 Å². The summed E-state index contributed by atoms with van der Waals surface area (Å²) in [5, 5.41) is 0.773. The lowest BCUT2D eigenvalue weighted by Crippen LogP contribution is -2.29. The lowest BCUT2D eigenvalue weighted by molar-refractivity contribution is 0.101. The fourth-order valence-electron chi connectivity index (χ4n) is 3.12. The first-order valence-corrected chi connectivity index (χ1v) is 9.53. The minimum absolute atomic E-state index is 0.0940. The van der Waals surface area contributed by atoms with Crippen LogP contribution < -0.4 is 4.31 Å². The van der Waals surface area contributed by atoms with Crippen LogP contribution in [0.15, 0.2) is 53.4 Å². The van der Waals surface area contributed by atoms with Crippen LogP contribution in [0.1, 0.15) is 22.8 Å². The molecule has 0 saturated carbocycles. The van der Waals surface area contributed by atoms with E-state index < -0.39 is 15.8 Å². The van der Waals surface area contributed by atoms with Gasteiger partial charge in [0.15, 0.2) is 5.78 Å². The molecule has 3 aromatic rings. The van der Waals surface area contributed by atoms with E-state index in [4.69, 9.17) is 0 Å². The Morgan fingerprint density at radius 1 is 1.12 bits per heavy atom. The van der Waals surface area contributed by atoms with Crippen LogP contribution in [-0.2, 0) is 16.4 Å². The summed E-state index contributed by atoms with van der Waals surface area (Å²) in [4.78, 5) is 15.9. The fraction of sp³-hybridized carbons (Fsp3) is 0.158. The summed E-state index contributed by atoms with van der Waals surface area (Å²) in [6, 6.07) is 12.0. The molecule has 0 radical (unpaired) electrons. The van der Waals surface area contributed by atoms with E-state index in [1.54, 1.807) is 6.07 Å². The zero-order chi connectivity index (χ0) is 18.5. The third-order valence-electron chi connectivity index (χ3n) is 4.51. The number of rotatable bonds is 3. The van der Waals surface area contributed by atoms with Crippen LogP contribution >= 0.6 is 0 Å². The molecule has 0 N–H and O–H groups in total. The van der Waals surface area contributed by atoms with E-state index in [0.717, 1.165) is 10.9 Å². The molecule has 0 saturated heterocycles.